The number of ether oxygens (including phenoxy) is 1. The van der Waals surface area contributed by atoms with E-state index in [1.807, 2.05) is 0 Å². The first-order valence-electron chi connectivity index (χ1n) is 5.36. The molecule has 96 valence electrons. The fourth-order valence-corrected chi connectivity index (χ4v) is 1.50. The van der Waals surface area contributed by atoms with Crippen LogP contribution in [0, 0.1) is 12.3 Å². The van der Waals surface area contributed by atoms with E-state index in [4.69, 9.17) is 22.6 Å². The van der Waals surface area contributed by atoms with E-state index in [2.05, 4.69) is 5.92 Å². The van der Waals surface area contributed by atoms with Crippen molar-refractivity contribution in [1.29, 1.82) is 0 Å². The van der Waals surface area contributed by atoms with Crippen molar-refractivity contribution in [1.82, 2.24) is 0 Å². The van der Waals surface area contributed by atoms with Gasteiger partial charge in [-0.15, -0.1) is 6.42 Å². The molecule has 5 heteroatoms. The minimum atomic E-state index is -0.106. The minimum absolute atomic E-state index is 0.0326. The van der Waals surface area contributed by atoms with Crippen LogP contribution in [0.4, 0.5) is 11.4 Å². The van der Waals surface area contributed by atoms with Crippen LogP contribution in [0.5, 0.6) is 23.0 Å². The molecule has 0 aliphatic rings. The van der Waals surface area contributed by atoms with Crippen molar-refractivity contribution < 1.29 is 14.9 Å². The summed E-state index contributed by atoms with van der Waals surface area (Å²) in [5.74, 6) is 2.97. The zero-order chi connectivity index (χ0) is 14.0. The van der Waals surface area contributed by atoms with Crippen molar-refractivity contribution in [2.24, 2.45) is 0 Å². The Kier molecular flexibility index (Phi) is 3.08. The zero-order valence-electron chi connectivity index (χ0n) is 9.92. The molecule has 0 heterocycles. The van der Waals surface area contributed by atoms with Gasteiger partial charge in [0.05, 0.1) is 16.9 Å². The fourth-order valence-electron chi connectivity index (χ4n) is 1.50. The lowest BCUT2D eigenvalue weighted by Crippen LogP contribution is -1.93. The Morgan fingerprint density at radius 2 is 1.68 bits per heavy atom. The maximum atomic E-state index is 9.47. The highest BCUT2D eigenvalue weighted by atomic mass is 16.5. The van der Waals surface area contributed by atoms with Crippen LogP contribution in [-0.2, 0) is 0 Å². The fraction of sp³-hybridized carbons (Fsp3) is 0. The summed E-state index contributed by atoms with van der Waals surface area (Å²) in [5, 5.41) is 18.8. The second-order valence-electron chi connectivity index (χ2n) is 3.87. The van der Waals surface area contributed by atoms with Crippen LogP contribution in [0.3, 0.4) is 0 Å². The summed E-state index contributed by atoms with van der Waals surface area (Å²) in [6, 6.07) is 7.17. The predicted octanol–water partition coefficient (Wildman–Crippen LogP) is 2.04. The van der Waals surface area contributed by atoms with E-state index in [0.717, 1.165) is 0 Å². The van der Waals surface area contributed by atoms with Gasteiger partial charge in [0.1, 0.15) is 23.0 Å². The summed E-state index contributed by atoms with van der Waals surface area (Å²) >= 11 is 0. The molecular formula is C14H12N2O3. The van der Waals surface area contributed by atoms with E-state index in [0.29, 0.717) is 17.1 Å². The van der Waals surface area contributed by atoms with E-state index >= 15 is 0 Å². The van der Waals surface area contributed by atoms with Crippen LogP contribution in [0.25, 0.3) is 0 Å². The van der Waals surface area contributed by atoms with Crippen LogP contribution >= 0.6 is 0 Å². The van der Waals surface area contributed by atoms with Crippen LogP contribution < -0.4 is 16.2 Å². The maximum absolute atomic E-state index is 9.47. The standard InChI is InChI=1S/C14H12N2O3/c1-2-8-5-13(18)11(16)7-14(8)19-9-3-4-12(17)10(15)6-9/h1,3-7,17-18H,15-16H2. The van der Waals surface area contributed by atoms with Crippen molar-refractivity contribution >= 4 is 11.4 Å². The average Bonchev–Trinajstić information content (AvgIpc) is 2.38. The third kappa shape index (κ3) is 2.48. The Morgan fingerprint density at radius 1 is 1.00 bits per heavy atom. The molecule has 6 N–H and O–H groups in total. The number of phenolic OH excluding ortho intramolecular Hbond substituents is 2. The normalized spacial score (nSPS) is 9.84. The number of aromatic hydroxyl groups is 2. The number of benzene rings is 2. The molecule has 19 heavy (non-hydrogen) atoms. The molecule has 0 aromatic heterocycles. The number of rotatable bonds is 2. The summed E-state index contributed by atoms with van der Waals surface area (Å²) in [5.41, 5.74) is 11.9. The van der Waals surface area contributed by atoms with Crippen molar-refractivity contribution in [3.63, 3.8) is 0 Å². The number of nitrogen functional groups attached to an aromatic ring is 2. The molecule has 0 saturated carbocycles. The second kappa shape index (κ2) is 4.70. The molecular weight excluding hydrogens is 244 g/mol. The highest BCUT2D eigenvalue weighted by molar-refractivity contribution is 5.63. The van der Waals surface area contributed by atoms with E-state index in [1.54, 1.807) is 0 Å². The monoisotopic (exact) mass is 256 g/mol. The Labute approximate surface area is 110 Å². The molecule has 0 aliphatic carbocycles. The van der Waals surface area contributed by atoms with E-state index in [1.165, 1.54) is 30.3 Å². The van der Waals surface area contributed by atoms with Crippen molar-refractivity contribution in [3.05, 3.63) is 35.9 Å². The van der Waals surface area contributed by atoms with Crippen LogP contribution in [-0.4, -0.2) is 10.2 Å². The Balaban J connectivity index is 2.40. The minimum Gasteiger partial charge on any atom is -0.506 e. The van der Waals surface area contributed by atoms with Gasteiger partial charge in [-0.05, 0) is 12.1 Å². The average molecular weight is 256 g/mol. The van der Waals surface area contributed by atoms with Crippen LogP contribution in [0.15, 0.2) is 30.3 Å². The Morgan fingerprint density at radius 3 is 2.32 bits per heavy atom. The maximum Gasteiger partial charge on any atom is 0.145 e. The number of anilines is 2. The van der Waals surface area contributed by atoms with Gasteiger partial charge in [-0.1, -0.05) is 5.92 Å². The van der Waals surface area contributed by atoms with Gasteiger partial charge in [-0.25, -0.2) is 0 Å². The number of nitrogens with two attached hydrogens (primary N) is 2. The summed E-state index contributed by atoms with van der Waals surface area (Å²) < 4.78 is 5.55. The molecule has 0 unspecified atom stereocenters. The summed E-state index contributed by atoms with van der Waals surface area (Å²) in [7, 11) is 0. The zero-order valence-corrected chi connectivity index (χ0v) is 9.92. The van der Waals surface area contributed by atoms with Crippen molar-refractivity contribution in [2.45, 2.75) is 0 Å². The SMILES string of the molecule is C#Cc1cc(O)c(N)cc1Oc1ccc(O)c(N)c1. The van der Waals surface area contributed by atoms with Gasteiger partial charge in [0.25, 0.3) is 0 Å². The van der Waals surface area contributed by atoms with Gasteiger partial charge in [0.2, 0.25) is 0 Å². The molecule has 0 bridgehead atoms. The van der Waals surface area contributed by atoms with Crippen LogP contribution in [0.2, 0.25) is 0 Å². The molecule has 0 atom stereocenters. The highest BCUT2D eigenvalue weighted by Gasteiger charge is 2.09. The number of hydrogen-bond acceptors (Lipinski definition) is 5. The number of terminal acetylenes is 1. The first kappa shape index (κ1) is 12.5. The molecule has 5 nitrogen and oxygen atoms in total. The van der Waals surface area contributed by atoms with Crippen molar-refractivity contribution in [2.75, 3.05) is 11.5 Å². The molecule has 2 aromatic rings. The molecule has 0 fully saturated rings. The molecule has 0 aliphatic heterocycles. The third-order valence-electron chi connectivity index (χ3n) is 2.51. The van der Waals surface area contributed by atoms with Gasteiger partial charge in [0, 0.05) is 18.2 Å². The molecule has 2 aromatic carbocycles. The van der Waals surface area contributed by atoms with Crippen molar-refractivity contribution in [3.8, 4) is 35.3 Å². The summed E-state index contributed by atoms with van der Waals surface area (Å²) in [6.07, 6.45) is 5.33. The van der Waals surface area contributed by atoms with Gasteiger partial charge >= 0.3 is 0 Å². The topological polar surface area (TPSA) is 102 Å². The Hall–Kier alpha value is -3.00. The molecule has 2 rings (SSSR count). The number of hydrogen-bond donors (Lipinski definition) is 4. The lowest BCUT2D eigenvalue weighted by atomic mass is 10.1. The quantitative estimate of drug-likeness (QED) is 0.374. The van der Waals surface area contributed by atoms with E-state index in [9.17, 15) is 10.2 Å². The van der Waals surface area contributed by atoms with Gasteiger partial charge < -0.3 is 26.4 Å². The van der Waals surface area contributed by atoms with Gasteiger partial charge in [0.15, 0.2) is 0 Å². The summed E-state index contributed by atoms with van der Waals surface area (Å²) in [4.78, 5) is 0. The molecule has 0 amide bonds. The largest absolute Gasteiger partial charge is 0.506 e. The predicted molar refractivity (Wildman–Crippen MR) is 73.0 cm³/mol. The van der Waals surface area contributed by atoms with Gasteiger partial charge in [-0.3, -0.25) is 0 Å². The molecule has 0 radical (unpaired) electrons. The smallest absolute Gasteiger partial charge is 0.145 e. The lowest BCUT2D eigenvalue weighted by molar-refractivity contribution is 0.461. The molecule has 0 spiro atoms. The number of phenols is 2. The second-order valence-corrected chi connectivity index (χ2v) is 3.87. The van der Waals surface area contributed by atoms with Gasteiger partial charge in [-0.2, -0.15) is 0 Å². The van der Waals surface area contributed by atoms with E-state index < -0.39 is 0 Å². The highest BCUT2D eigenvalue weighted by Crippen LogP contribution is 2.34. The first-order valence-corrected chi connectivity index (χ1v) is 5.36. The Bertz CT molecular complexity index is 675. The van der Waals surface area contributed by atoms with Crippen LogP contribution in [0.1, 0.15) is 5.56 Å². The summed E-state index contributed by atoms with van der Waals surface area (Å²) in [6.45, 7) is 0. The van der Waals surface area contributed by atoms with E-state index in [-0.39, 0.29) is 22.9 Å². The molecule has 0 saturated heterocycles. The lowest BCUT2D eigenvalue weighted by Gasteiger charge is -2.10. The first-order chi connectivity index (χ1) is 9.01. The third-order valence-corrected chi connectivity index (χ3v) is 2.51.